The van der Waals surface area contributed by atoms with Gasteiger partial charge in [-0.1, -0.05) is 11.6 Å². The molecule has 1 aliphatic heterocycles. The molecular weight excluding hydrogens is 360 g/mol. The number of hydrogen-bond donors (Lipinski definition) is 0. The number of thiazole rings is 1. The van der Waals surface area contributed by atoms with Gasteiger partial charge in [-0.25, -0.2) is 9.78 Å². The summed E-state index contributed by atoms with van der Waals surface area (Å²) in [6, 6.07) is 5.73. The molecule has 2 aromatic rings. The largest absolute Gasteiger partial charge is 0.444 e. The monoisotopic (exact) mass is 382 g/mol. The van der Waals surface area contributed by atoms with E-state index in [0.29, 0.717) is 31.0 Å². The number of hydrogen-bond acceptors (Lipinski definition) is 5. The van der Waals surface area contributed by atoms with Gasteiger partial charge >= 0.3 is 6.09 Å². The highest BCUT2D eigenvalue weighted by atomic mass is 35.5. The molecule has 0 saturated carbocycles. The Kier molecular flexibility index (Phi) is 4.97. The number of halogens is 1. The Morgan fingerprint density at radius 1 is 1.32 bits per heavy atom. The molecule has 0 unspecified atom stereocenters. The van der Waals surface area contributed by atoms with Crippen molar-refractivity contribution in [3.8, 4) is 0 Å². The van der Waals surface area contributed by atoms with Gasteiger partial charge in [0.25, 0.3) is 0 Å². The van der Waals surface area contributed by atoms with Gasteiger partial charge < -0.3 is 14.4 Å². The second-order valence-electron chi connectivity index (χ2n) is 7.30. The van der Waals surface area contributed by atoms with Crippen LogP contribution in [0.1, 0.15) is 38.6 Å². The van der Waals surface area contributed by atoms with Crippen molar-refractivity contribution in [1.29, 1.82) is 0 Å². The van der Waals surface area contributed by atoms with Crippen molar-refractivity contribution in [3.63, 3.8) is 0 Å². The molecule has 1 fully saturated rings. The van der Waals surface area contributed by atoms with E-state index >= 15 is 0 Å². The summed E-state index contributed by atoms with van der Waals surface area (Å²) in [5.74, 6) is 0. The summed E-state index contributed by atoms with van der Waals surface area (Å²) in [6.07, 6.45) is 1.11. The van der Waals surface area contributed by atoms with Gasteiger partial charge in [0.15, 0.2) is 0 Å². The molecule has 5 nitrogen and oxygen atoms in total. The average molecular weight is 383 g/mol. The molecule has 0 bridgehead atoms. The summed E-state index contributed by atoms with van der Waals surface area (Å²) in [4.78, 5) is 18.7. The van der Waals surface area contributed by atoms with Gasteiger partial charge in [0.05, 0.1) is 10.2 Å². The lowest BCUT2D eigenvalue weighted by Gasteiger charge is -2.39. The van der Waals surface area contributed by atoms with E-state index < -0.39 is 11.2 Å². The molecule has 25 heavy (non-hydrogen) atoms. The van der Waals surface area contributed by atoms with Crippen molar-refractivity contribution in [2.45, 2.75) is 44.8 Å². The fourth-order valence-corrected chi connectivity index (χ4v) is 4.32. The van der Waals surface area contributed by atoms with Crippen LogP contribution in [0.25, 0.3) is 10.2 Å². The molecule has 1 aromatic heterocycles. The van der Waals surface area contributed by atoms with Gasteiger partial charge in [0.2, 0.25) is 0 Å². The summed E-state index contributed by atoms with van der Waals surface area (Å²) < 4.78 is 12.4. The van der Waals surface area contributed by atoms with E-state index in [2.05, 4.69) is 0 Å². The highest BCUT2D eigenvalue weighted by Crippen LogP contribution is 2.40. The second-order valence-corrected chi connectivity index (χ2v) is 8.76. The first-order valence-corrected chi connectivity index (χ1v) is 9.51. The van der Waals surface area contributed by atoms with Crippen LogP contribution in [0.15, 0.2) is 18.2 Å². The standard InChI is InChI=1S/C18H23ClN2O3S/c1-17(2,3)24-16(22)21-9-7-18(23-4,8-10-21)15-20-13-11-12(19)5-6-14(13)25-15/h5-6,11H,7-10H2,1-4H3. The number of rotatable bonds is 2. The molecule has 2 heterocycles. The van der Waals surface area contributed by atoms with Crippen LogP contribution in [0.2, 0.25) is 5.02 Å². The molecule has 0 atom stereocenters. The van der Waals surface area contributed by atoms with Crippen LogP contribution in [0, 0.1) is 0 Å². The molecule has 0 aliphatic carbocycles. The fourth-order valence-electron chi connectivity index (χ4n) is 2.98. The number of aromatic nitrogens is 1. The van der Waals surface area contributed by atoms with Crippen molar-refractivity contribution in [3.05, 3.63) is 28.2 Å². The highest BCUT2D eigenvalue weighted by Gasteiger charge is 2.41. The fraction of sp³-hybridized carbons (Fsp3) is 0.556. The van der Waals surface area contributed by atoms with E-state index in [1.807, 2.05) is 39.0 Å². The van der Waals surface area contributed by atoms with Gasteiger partial charge in [0.1, 0.15) is 16.2 Å². The lowest BCUT2D eigenvalue weighted by Crippen LogP contribution is -2.47. The minimum absolute atomic E-state index is 0.270. The predicted molar refractivity (Wildman–Crippen MR) is 100 cm³/mol. The van der Waals surface area contributed by atoms with Crippen LogP contribution in [-0.2, 0) is 15.1 Å². The number of amides is 1. The zero-order valence-corrected chi connectivity index (χ0v) is 16.5. The molecule has 1 aromatic carbocycles. The normalized spacial score (nSPS) is 17.7. The summed E-state index contributed by atoms with van der Waals surface area (Å²) in [5.41, 5.74) is -0.0630. The van der Waals surface area contributed by atoms with Gasteiger partial charge in [-0.15, -0.1) is 11.3 Å². The Morgan fingerprint density at radius 2 is 2.00 bits per heavy atom. The first-order chi connectivity index (χ1) is 11.7. The maximum absolute atomic E-state index is 12.3. The minimum atomic E-state index is -0.487. The number of ether oxygens (including phenoxy) is 2. The van der Waals surface area contributed by atoms with Crippen LogP contribution >= 0.6 is 22.9 Å². The van der Waals surface area contributed by atoms with E-state index in [4.69, 9.17) is 26.1 Å². The maximum Gasteiger partial charge on any atom is 0.410 e. The Labute approximate surface area is 156 Å². The molecule has 136 valence electrons. The van der Waals surface area contributed by atoms with Crippen molar-refractivity contribution >= 4 is 39.2 Å². The minimum Gasteiger partial charge on any atom is -0.444 e. The van der Waals surface area contributed by atoms with Crippen LogP contribution in [-0.4, -0.2) is 41.8 Å². The number of nitrogens with zero attached hydrogens (tertiary/aromatic N) is 2. The number of likely N-dealkylation sites (tertiary alicyclic amines) is 1. The van der Waals surface area contributed by atoms with Gasteiger partial charge in [-0.2, -0.15) is 0 Å². The van der Waals surface area contributed by atoms with Crippen LogP contribution in [0.5, 0.6) is 0 Å². The quantitative estimate of drug-likeness (QED) is 0.747. The summed E-state index contributed by atoms with van der Waals surface area (Å²) in [6.45, 7) is 6.79. The third kappa shape index (κ3) is 3.91. The first kappa shape index (κ1) is 18.4. The van der Waals surface area contributed by atoms with E-state index in [1.165, 1.54) is 0 Å². The number of fused-ring (bicyclic) bond motifs is 1. The molecule has 1 saturated heterocycles. The zero-order chi connectivity index (χ0) is 18.2. The van der Waals surface area contributed by atoms with Crippen molar-refractivity contribution < 1.29 is 14.3 Å². The molecule has 0 N–H and O–H groups in total. The van der Waals surface area contributed by atoms with Crippen LogP contribution in [0.4, 0.5) is 4.79 Å². The second kappa shape index (κ2) is 6.74. The van der Waals surface area contributed by atoms with Crippen molar-refractivity contribution in [1.82, 2.24) is 9.88 Å². The highest BCUT2D eigenvalue weighted by molar-refractivity contribution is 7.18. The molecule has 7 heteroatoms. The summed E-state index contributed by atoms with van der Waals surface area (Å²) >= 11 is 7.69. The lowest BCUT2D eigenvalue weighted by atomic mass is 9.92. The van der Waals surface area contributed by atoms with E-state index in [-0.39, 0.29) is 6.09 Å². The van der Waals surface area contributed by atoms with Gasteiger partial charge in [-0.3, -0.25) is 0 Å². The van der Waals surface area contributed by atoms with Crippen LogP contribution < -0.4 is 0 Å². The maximum atomic E-state index is 12.3. The third-order valence-electron chi connectivity index (χ3n) is 4.35. The Morgan fingerprint density at radius 3 is 2.60 bits per heavy atom. The number of carbonyl (C=O) groups excluding carboxylic acids is 1. The molecule has 1 amide bonds. The summed E-state index contributed by atoms with van der Waals surface area (Å²) in [5, 5.41) is 1.62. The van der Waals surface area contributed by atoms with Crippen LogP contribution in [0.3, 0.4) is 0 Å². The topological polar surface area (TPSA) is 51.7 Å². The Balaban J connectivity index is 1.77. The van der Waals surface area contributed by atoms with E-state index in [0.717, 1.165) is 15.2 Å². The molecule has 3 rings (SSSR count). The van der Waals surface area contributed by atoms with E-state index in [9.17, 15) is 4.79 Å². The SMILES string of the molecule is COC1(c2nc3cc(Cl)ccc3s2)CCN(C(=O)OC(C)(C)C)CC1. The average Bonchev–Trinajstić information content (AvgIpc) is 2.97. The third-order valence-corrected chi connectivity index (χ3v) is 5.81. The molecule has 1 aliphatic rings. The lowest BCUT2D eigenvalue weighted by molar-refractivity contribution is -0.0650. The number of methoxy groups -OCH3 is 1. The summed E-state index contributed by atoms with van der Waals surface area (Å²) in [7, 11) is 1.71. The Bertz CT molecular complexity index is 776. The predicted octanol–water partition coefficient (Wildman–Crippen LogP) is 4.82. The van der Waals surface area contributed by atoms with Gasteiger partial charge in [0, 0.05) is 38.1 Å². The van der Waals surface area contributed by atoms with E-state index in [1.54, 1.807) is 23.3 Å². The van der Waals surface area contributed by atoms with Crippen molar-refractivity contribution in [2.75, 3.05) is 20.2 Å². The van der Waals surface area contributed by atoms with Gasteiger partial charge in [-0.05, 0) is 39.0 Å². The number of carbonyl (C=O) groups is 1. The molecular formula is C18H23ClN2O3S. The number of benzene rings is 1. The Hall–Kier alpha value is -1.37. The van der Waals surface area contributed by atoms with Crippen molar-refractivity contribution in [2.24, 2.45) is 0 Å². The molecule has 0 radical (unpaired) electrons. The molecule has 0 spiro atoms. The first-order valence-electron chi connectivity index (χ1n) is 8.32. The zero-order valence-electron chi connectivity index (χ0n) is 15.0. The smallest absolute Gasteiger partial charge is 0.410 e. The number of piperidine rings is 1.